The molecule has 1 aliphatic rings. The Kier molecular flexibility index (Phi) is 3.06. The van der Waals surface area contributed by atoms with E-state index in [2.05, 4.69) is 20.0 Å². The van der Waals surface area contributed by atoms with Crippen LogP contribution in [0.4, 0.5) is 5.69 Å². The average molecular weight is 358 g/mol. The summed E-state index contributed by atoms with van der Waals surface area (Å²) in [4.78, 5) is 39.4. The van der Waals surface area contributed by atoms with Crippen LogP contribution in [0.1, 0.15) is 20.7 Å². The average Bonchev–Trinajstić information content (AvgIpc) is 3.05. The van der Waals surface area contributed by atoms with Gasteiger partial charge in [-0.1, -0.05) is 0 Å². The number of benzene rings is 2. The van der Waals surface area contributed by atoms with E-state index in [0.717, 1.165) is 0 Å². The van der Waals surface area contributed by atoms with E-state index >= 15 is 0 Å². The molecule has 0 saturated heterocycles. The van der Waals surface area contributed by atoms with Crippen LogP contribution in [0.3, 0.4) is 0 Å². The molecule has 126 valence electrons. The number of aromatic amines is 2. The summed E-state index contributed by atoms with van der Waals surface area (Å²) in [6, 6.07) is 8.20. The first-order valence-electron chi connectivity index (χ1n) is 7.08. The Morgan fingerprint density at radius 2 is 1.52 bits per heavy atom. The highest BCUT2D eigenvalue weighted by molar-refractivity contribution is 7.92. The number of imide groups is 1. The van der Waals surface area contributed by atoms with Crippen molar-refractivity contribution >= 4 is 38.6 Å². The van der Waals surface area contributed by atoms with Crippen molar-refractivity contribution in [3.63, 3.8) is 0 Å². The van der Waals surface area contributed by atoms with Crippen molar-refractivity contribution in [2.24, 2.45) is 0 Å². The summed E-state index contributed by atoms with van der Waals surface area (Å²) in [6.45, 7) is 0. The van der Waals surface area contributed by atoms with E-state index < -0.39 is 27.5 Å². The van der Waals surface area contributed by atoms with Crippen LogP contribution < -0.4 is 15.7 Å². The number of rotatable bonds is 3. The lowest BCUT2D eigenvalue weighted by molar-refractivity contribution is 0.0879. The summed E-state index contributed by atoms with van der Waals surface area (Å²) in [5.74, 6) is -1.09. The van der Waals surface area contributed by atoms with E-state index in [9.17, 15) is 22.8 Å². The molecule has 0 aliphatic carbocycles. The molecule has 1 aromatic heterocycles. The monoisotopic (exact) mass is 358 g/mol. The van der Waals surface area contributed by atoms with Crippen LogP contribution in [0.25, 0.3) is 11.0 Å². The number of H-pyrrole nitrogens is 2. The zero-order valence-electron chi connectivity index (χ0n) is 12.4. The molecule has 1 aliphatic heterocycles. The first-order chi connectivity index (χ1) is 11.8. The van der Waals surface area contributed by atoms with Crippen molar-refractivity contribution in [2.75, 3.05) is 4.72 Å². The van der Waals surface area contributed by atoms with Crippen LogP contribution in [0.15, 0.2) is 46.1 Å². The maximum Gasteiger partial charge on any atom is 0.323 e. The Balaban J connectivity index is 1.71. The summed E-state index contributed by atoms with van der Waals surface area (Å²) in [5, 5.41) is 2.13. The molecule has 3 aromatic rings. The van der Waals surface area contributed by atoms with Gasteiger partial charge in [-0.25, -0.2) is 13.2 Å². The third kappa shape index (κ3) is 2.48. The van der Waals surface area contributed by atoms with Gasteiger partial charge in [-0.3, -0.25) is 19.6 Å². The van der Waals surface area contributed by atoms with Crippen molar-refractivity contribution in [1.82, 2.24) is 15.3 Å². The predicted octanol–water partition coefficient (Wildman–Crippen LogP) is 0.541. The molecule has 10 heteroatoms. The molecule has 4 N–H and O–H groups in total. The summed E-state index contributed by atoms with van der Waals surface area (Å²) in [6.07, 6.45) is 0. The van der Waals surface area contributed by atoms with Gasteiger partial charge >= 0.3 is 5.69 Å². The van der Waals surface area contributed by atoms with Crippen molar-refractivity contribution in [3.8, 4) is 0 Å². The number of fused-ring (bicyclic) bond motifs is 2. The van der Waals surface area contributed by atoms with Crippen molar-refractivity contribution < 1.29 is 18.0 Å². The van der Waals surface area contributed by atoms with Gasteiger partial charge in [-0.2, -0.15) is 0 Å². The number of nitrogens with one attached hydrogen (secondary N) is 4. The predicted molar refractivity (Wildman–Crippen MR) is 88.0 cm³/mol. The Morgan fingerprint density at radius 1 is 0.800 bits per heavy atom. The maximum absolute atomic E-state index is 12.5. The molecule has 4 rings (SSSR count). The summed E-state index contributed by atoms with van der Waals surface area (Å²) < 4.78 is 27.4. The van der Waals surface area contributed by atoms with Crippen LogP contribution in [0.2, 0.25) is 0 Å². The highest BCUT2D eigenvalue weighted by Gasteiger charge is 2.27. The number of amides is 2. The minimum Gasteiger partial charge on any atom is -0.306 e. The minimum atomic E-state index is -3.95. The van der Waals surface area contributed by atoms with E-state index in [4.69, 9.17) is 0 Å². The molecule has 0 saturated carbocycles. The van der Waals surface area contributed by atoms with Crippen molar-refractivity contribution in [1.29, 1.82) is 0 Å². The molecule has 0 radical (unpaired) electrons. The second kappa shape index (κ2) is 5.05. The Hall–Kier alpha value is -3.40. The van der Waals surface area contributed by atoms with E-state index in [-0.39, 0.29) is 21.7 Å². The summed E-state index contributed by atoms with van der Waals surface area (Å²) >= 11 is 0. The topological polar surface area (TPSA) is 141 Å². The molecule has 0 atom stereocenters. The highest BCUT2D eigenvalue weighted by atomic mass is 32.2. The molecule has 2 aromatic carbocycles. The van der Waals surface area contributed by atoms with Crippen LogP contribution >= 0.6 is 0 Å². The standard InChI is InChI=1S/C15H10N4O5S/c20-13-9-3-1-7(5-10(9)14(21)18-13)19-25(23,24)8-2-4-11-12(6-8)17-15(22)16-11/h1-6,19H,(H2,16,17,22)(H,18,20,21). The molecule has 2 amide bonds. The van der Waals surface area contributed by atoms with Crippen LogP contribution in [0.5, 0.6) is 0 Å². The maximum atomic E-state index is 12.5. The number of sulfonamides is 1. The lowest BCUT2D eigenvalue weighted by Gasteiger charge is -2.09. The highest BCUT2D eigenvalue weighted by Crippen LogP contribution is 2.23. The summed E-state index contributed by atoms with van der Waals surface area (Å²) in [7, 11) is -3.95. The molecule has 2 heterocycles. The zero-order chi connectivity index (χ0) is 17.8. The van der Waals surface area contributed by atoms with E-state index in [0.29, 0.717) is 11.0 Å². The molecule has 0 unspecified atom stereocenters. The first-order valence-corrected chi connectivity index (χ1v) is 8.56. The fourth-order valence-corrected chi connectivity index (χ4v) is 3.70. The van der Waals surface area contributed by atoms with Crippen molar-refractivity contribution in [3.05, 3.63) is 58.0 Å². The second-order valence-corrected chi connectivity index (χ2v) is 7.12. The van der Waals surface area contributed by atoms with Gasteiger partial charge in [0.15, 0.2) is 0 Å². The fraction of sp³-hybridized carbons (Fsp3) is 0. The Labute approximate surface area is 140 Å². The smallest absolute Gasteiger partial charge is 0.306 e. The first kappa shape index (κ1) is 15.1. The SMILES string of the molecule is O=C1NC(=O)c2cc(NS(=O)(=O)c3ccc4[nH]c(=O)[nH]c4c3)ccc21. The molecule has 9 nitrogen and oxygen atoms in total. The lowest BCUT2D eigenvalue weighted by atomic mass is 10.1. The number of anilines is 1. The number of hydrogen-bond acceptors (Lipinski definition) is 5. The molecular weight excluding hydrogens is 348 g/mol. The van der Waals surface area contributed by atoms with Crippen LogP contribution in [-0.4, -0.2) is 30.2 Å². The molecule has 0 bridgehead atoms. The Bertz CT molecular complexity index is 1220. The number of imidazole rings is 1. The third-order valence-electron chi connectivity index (χ3n) is 3.79. The van der Waals surface area contributed by atoms with E-state index in [1.807, 2.05) is 0 Å². The quantitative estimate of drug-likeness (QED) is 0.506. The van der Waals surface area contributed by atoms with Gasteiger partial charge < -0.3 is 9.97 Å². The minimum absolute atomic E-state index is 0.0590. The molecule has 0 spiro atoms. The molecular formula is C15H10N4O5S. The number of aromatic nitrogens is 2. The van der Waals surface area contributed by atoms with Gasteiger partial charge in [-0.15, -0.1) is 0 Å². The summed E-state index contributed by atoms with van der Waals surface area (Å²) in [5.41, 5.74) is 0.844. The van der Waals surface area contributed by atoms with Crippen LogP contribution in [-0.2, 0) is 10.0 Å². The van der Waals surface area contributed by atoms with Gasteiger partial charge in [-0.05, 0) is 36.4 Å². The second-order valence-electron chi connectivity index (χ2n) is 5.44. The van der Waals surface area contributed by atoms with E-state index in [1.165, 1.54) is 36.4 Å². The van der Waals surface area contributed by atoms with Crippen LogP contribution in [0, 0.1) is 0 Å². The molecule has 0 fully saturated rings. The van der Waals surface area contributed by atoms with E-state index in [1.54, 1.807) is 0 Å². The lowest BCUT2D eigenvalue weighted by Crippen LogP contribution is -2.19. The van der Waals surface area contributed by atoms with Gasteiger partial charge in [0.25, 0.3) is 21.8 Å². The normalized spacial score (nSPS) is 13.8. The number of carbonyl (C=O) groups is 2. The molecule has 25 heavy (non-hydrogen) atoms. The number of carbonyl (C=O) groups excluding carboxylic acids is 2. The largest absolute Gasteiger partial charge is 0.323 e. The fourth-order valence-electron chi connectivity index (χ4n) is 2.62. The Morgan fingerprint density at radius 3 is 2.32 bits per heavy atom. The third-order valence-corrected chi connectivity index (χ3v) is 5.16. The number of hydrogen-bond donors (Lipinski definition) is 4. The van der Waals surface area contributed by atoms with Gasteiger partial charge in [0.2, 0.25) is 0 Å². The zero-order valence-corrected chi connectivity index (χ0v) is 13.2. The van der Waals surface area contributed by atoms with Crippen molar-refractivity contribution in [2.45, 2.75) is 4.90 Å². The van der Waals surface area contributed by atoms with Gasteiger partial charge in [0, 0.05) is 5.69 Å². The van der Waals surface area contributed by atoms with Gasteiger partial charge in [0.1, 0.15) is 0 Å². The van der Waals surface area contributed by atoms with Gasteiger partial charge in [0.05, 0.1) is 27.1 Å².